The predicted molar refractivity (Wildman–Crippen MR) is 78.4 cm³/mol. The Kier molecular flexibility index (Phi) is 4.42. The van der Waals surface area contributed by atoms with E-state index in [1.54, 1.807) is 31.4 Å². The maximum atomic E-state index is 10.7. The van der Waals surface area contributed by atoms with Crippen LogP contribution in [0.2, 0.25) is 5.02 Å². The normalized spacial score (nSPS) is 10.1. The van der Waals surface area contributed by atoms with Crippen molar-refractivity contribution in [2.75, 3.05) is 12.4 Å². The maximum absolute atomic E-state index is 10.7. The van der Waals surface area contributed by atoms with E-state index >= 15 is 0 Å². The standard InChI is InChI=1S/C14H13ClN2O3/c1-20-14-6-5-11(15)8-13(14)16-9-10-3-2-4-12(7-10)17(18)19/h2-8,16H,9H2,1H3. The van der Waals surface area contributed by atoms with E-state index in [1.807, 2.05) is 6.07 Å². The number of non-ortho nitro benzene ring substituents is 1. The van der Waals surface area contributed by atoms with Gasteiger partial charge in [-0.25, -0.2) is 0 Å². The van der Waals surface area contributed by atoms with Gasteiger partial charge in [0, 0.05) is 23.7 Å². The maximum Gasteiger partial charge on any atom is 0.269 e. The molecule has 0 saturated carbocycles. The number of methoxy groups -OCH3 is 1. The molecule has 1 N–H and O–H groups in total. The van der Waals surface area contributed by atoms with Gasteiger partial charge in [-0.1, -0.05) is 23.7 Å². The van der Waals surface area contributed by atoms with Crippen LogP contribution < -0.4 is 10.1 Å². The van der Waals surface area contributed by atoms with Crippen molar-refractivity contribution in [2.45, 2.75) is 6.54 Å². The fourth-order valence-corrected chi connectivity index (χ4v) is 1.97. The van der Waals surface area contributed by atoms with Crippen molar-refractivity contribution in [3.63, 3.8) is 0 Å². The van der Waals surface area contributed by atoms with Crippen LogP contribution in [0.15, 0.2) is 42.5 Å². The van der Waals surface area contributed by atoms with Crippen molar-refractivity contribution in [3.05, 3.63) is 63.2 Å². The molecular weight excluding hydrogens is 280 g/mol. The number of ether oxygens (including phenoxy) is 1. The second-order valence-electron chi connectivity index (χ2n) is 4.13. The molecule has 0 unspecified atom stereocenters. The highest BCUT2D eigenvalue weighted by atomic mass is 35.5. The number of nitro benzene ring substituents is 1. The number of benzene rings is 2. The first kappa shape index (κ1) is 14.1. The molecule has 2 aromatic carbocycles. The van der Waals surface area contributed by atoms with Gasteiger partial charge in [0.2, 0.25) is 0 Å². The van der Waals surface area contributed by atoms with Crippen LogP contribution in [0.25, 0.3) is 0 Å². The number of halogens is 1. The number of rotatable bonds is 5. The topological polar surface area (TPSA) is 64.4 Å². The summed E-state index contributed by atoms with van der Waals surface area (Å²) >= 11 is 5.94. The zero-order valence-electron chi connectivity index (χ0n) is 10.8. The summed E-state index contributed by atoms with van der Waals surface area (Å²) in [4.78, 5) is 10.3. The van der Waals surface area contributed by atoms with E-state index in [-0.39, 0.29) is 5.69 Å². The smallest absolute Gasteiger partial charge is 0.269 e. The molecule has 2 aromatic rings. The van der Waals surface area contributed by atoms with E-state index in [1.165, 1.54) is 12.1 Å². The number of hydrogen-bond donors (Lipinski definition) is 1. The monoisotopic (exact) mass is 292 g/mol. The molecule has 2 rings (SSSR count). The third-order valence-electron chi connectivity index (χ3n) is 2.77. The zero-order chi connectivity index (χ0) is 14.5. The molecule has 0 saturated heterocycles. The van der Waals surface area contributed by atoms with Crippen molar-refractivity contribution in [2.24, 2.45) is 0 Å². The first-order valence-electron chi connectivity index (χ1n) is 5.91. The minimum absolute atomic E-state index is 0.0716. The molecule has 5 nitrogen and oxygen atoms in total. The molecule has 0 fully saturated rings. The zero-order valence-corrected chi connectivity index (χ0v) is 11.6. The van der Waals surface area contributed by atoms with Crippen LogP contribution >= 0.6 is 11.6 Å². The second kappa shape index (κ2) is 6.25. The van der Waals surface area contributed by atoms with E-state index in [0.29, 0.717) is 17.3 Å². The van der Waals surface area contributed by atoms with Crippen LogP contribution in [-0.4, -0.2) is 12.0 Å². The summed E-state index contributed by atoms with van der Waals surface area (Å²) in [5.41, 5.74) is 1.62. The Morgan fingerprint density at radius 3 is 2.80 bits per heavy atom. The largest absolute Gasteiger partial charge is 0.495 e. The van der Waals surface area contributed by atoms with Gasteiger partial charge >= 0.3 is 0 Å². The van der Waals surface area contributed by atoms with Crippen LogP contribution in [0.5, 0.6) is 5.75 Å². The lowest BCUT2D eigenvalue weighted by atomic mass is 10.2. The van der Waals surface area contributed by atoms with Gasteiger partial charge in [0.05, 0.1) is 17.7 Å². The number of anilines is 1. The molecule has 0 heterocycles. The van der Waals surface area contributed by atoms with Crippen LogP contribution in [0.3, 0.4) is 0 Å². The molecule has 0 aromatic heterocycles. The minimum Gasteiger partial charge on any atom is -0.495 e. The van der Waals surface area contributed by atoms with Gasteiger partial charge in [0.25, 0.3) is 5.69 Å². The quantitative estimate of drug-likeness (QED) is 0.671. The van der Waals surface area contributed by atoms with E-state index < -0.39 is 4.92 Å². The Hall–Kier alpha value is -2.27. The molecule has 0 radical (unpaired) electrons. The third kappa shape index (κ3) is 3.39. The fourth-order valence-electron chi connectivity index (χ4n) is 1.80. The molecule has 20 heavy (non-hydrogen) atoms. The number of nitro groups is 1. The van der Waals surface area contributed by atoms with Gasteiger partial charge in [-0.3, -0.25) is 10.1 Å². The fraction of sp³-hybridized carbons (Fsp3) is 0.143. The molecule has 0 atom stereocenters. The summed E-state index contributed by atoms with van der Waals surface area (Å²) in [6, 6.07) is 11.7. The van der Waals surface area contributed by atoms with Crippen molar-refractivity contribution in [1.82, 2.24) is 0 Å². The Balaban J connectivity index is 2.14. The Morgan fingerprint density at radius 1 is 1.30 bits per heavy atom. The lowest BCUT2D eigenvalue weighted by molar-refractivity contribution is -0.384. The Bertz CT molecular complexity index is 632. The SMILES string of the molecule is COc1ccc(Cl)cc1NCc1cccc([N+](=O)[O-])c1. The van der Waals surface area contributed by atoms with E-state index in [4.69, 9.17) is 16.3 Å². The van der Waals surface area contributed by atoms with Gasteiger partial charge < -0.3 is 10.1 Å². The summed E-state index contributed by atoms with van der Waals surface area (Å²) in [5.74, 6) is 0.667. The van der Waals surface area contributed by atoms with Crippen LogP contribution in [0.1, 0.15) is 5.56 Å². The molecule has 0 aliphatic carbocycles. The van der Waals surface area contributed by atoms with Gasteiger partial charge in [-0.15, -0.1) is 0 Å². The number of nitrogens with one attached hydrogen (secondary N) is 1. The van der Waals surface area contributed by atoms with Crippen molar-refractivity contribution in [3.8, 4) is 5.75 Å². The van der Waals surface area contributed by atoms with Crippen LogP contribution in [0, 0.1) is 10.1 Å². The summed E-state index contributed by atoms with van der Waals surface area (Å²) in [6.45, 7) is 0.443. The first-order valence-corrected chi connectivity index (χ1v) is 6.28. The Morgan fingerprint density at radius 2 is 2.10 bits per heavy atom. The molecule has 104 valence electrons. The Labute approximate surface area is 121 Å². The van der Waals surface area contributed by atoms with Gasteiger partial charge in [0.1, 0.15) is 5.75 Å². The van der Waals surface area contributed by atoms with Crippen LogP contribution in [-0.2, 0) is 6.54 Å². The van der Waals surface area contributed by atoms with Gasteiger partial charge in [-0.2, -0.15) is 0 Å². The number of hydrogen-bond acceptors (Lipinski definition) is 4. The summed E-state index contributed by atoms with van der Waals surface area (Å²) in [5, 5.41) is 14.5. The van der Waals surface area contributed by atoms with Crippen LogP contribution in [0.4, 0.5) is 11.4 Å². The molecule has 0 aliphatic rings. The van der Waals surface area contributed by atoms with Crippen molar-refractivity contribution >= 4 is 23.0 Å². The molecule has 0 spiro atoms. The highest BCUT2D eigenvalue weighted by Gasteiger charge is 2.07. The second-order valence-corrected chi connectivity index (χ2v) is 4.56. The minimum atomic E-state index is -0.413. The highest BCUT2D eigenvalue weighted by molar-refractivity contribution is 6.30. The van der Waals surface area contributed by atoms with Crippen molar-refractivity contribution < 1.29 is 9.66 Å². The van der Waals surface area contributed by atoms with Crippen molar-refractivity contribution in [1.29, 1.82) is 0 Å². The van der Waals surface area contributed by atoms with Gasteiger partial charge in [0.15, 0.2) is 0 Å². The highest BCUT2D eigenvalue weighted by Crippen LogP contribution is 2.28. The first-order chi connectivity index (χ1) is 9.60. The molecule has 0 aliphatic heterocycles. The van der Waals surface area contributed by atoms with E-state index in [0.717, 1.165) is 11.3 Å². The third-order valence-corrected chi connectivity index (χ3v) is 3.00. The molecule has 6 heteroatoms. The predicted octanol–water partition coefficient (Wildman–Crippen LogP) is 3.87. The molecular formula is C14H13ClN2O3. The summed E-state index contributed by atoms with van der Waals surface area (Å²) in [6.07, 6.45) is 0. The van der Waals surface area contributed by atoms with E-state index in [9.17, 15) is 10.1 Å². The average molecular weight is 293 g/mol. The lowest BCUT2D eigenvalue weighted by Gasteiger charge is -2.11. The summed E-state index contributed by atoms with van der Waals surface area (Å²) < 4.78 is 5.22. The lowest BCUT2D eigenvalue weighted by Crippen LogP contribution is -2.02. The van der Waals surface area contributed by atoms with Gasteiger partial charge in [-0.05, 0) is 23.8 Å². The average Bonchev–Trinajstić information content (AvgIpc) is 2.45. The summed E-state index contributed by atoms with van der Waals surface area (Å²) in [7, 11) is 1.57. The van der Waals surface area contributed by atoms with E-state index in [2.05, 4.69) is 5.32 Å². The number of nitrogens with zero attached hydrogens (tertiary/aromatic N) is 1. The molecule has 0 amide bonds. The molecule has 0 bridgehead atoms.